The Kier molecular flexibility index (Phi) is 16.0. The number of hydrogen-bond acceptors (Lipinski definition) is 12. The number of thioether (sulfide) groups is 1. The van der Waals surface area contributed by atoms with Crippen LogP contribution >= 0.6 is 20.3 Å². The summed E-state index contributed by atoms with van der Waals surface area (Å²) in [5.41, 5.74) is 3.22. The first-order valence-electron chi connectivity index (χ1n) is 22.7. The molecule has 6 aromatic rings. The number of carbonyl (C=O) groups excluding carboxylic acids is 1. The topological polar surface area (TPSA) is 131 Å². The van der Waals surface area contributed by atoms with Crippen LogP contribution in [0.1, 0.15) is 80.9 Å². The third kappa shape index (κ3) is 10.6. The highest BCUT2D eigenvalue weighted by Gasteiger charge is 2.54. The quantitative estimate of drug-likeness (QED) is 0.0471. The molecule has 0 radical (unpaired) electrons. The monoisotopic (exact) mass is 964 g/mol. The number of amides is 1. The predicted molar refractivity (Wildman–Crippen MR) is 271 cm³/mol. The number of aromatic nitrogens is 4. The first kappa shape index (κ1) is 50.2. The Bertz CT molecular complexity index is 2490. The lowest BCUT2D eigenvalue weighted by molar-refractivity contribution is -0.0195. The van der Waals surface area contributed by atoms with Gasteiger partial charge in [0, 0.05) is 24.8 Å². The van der Waals surface area contributed by atoms with Crippen LogP contribution in [0.15, 0.2) is 122 Å². The van der Waals surface area contributed by atoms with Crippen molar-refractivity contribution in [1.82, 2.24) is 24.2 Å². The number of rotatable bonds is 19. The number of nitrogens with one attached hydrogen (secondary N) is 1. The summed E-state index contributed by atoms with van der Waals surface area (Å²) < 4.78 is 44.7. The fraction of sp³-hybridized carbons (Fsp3) is 0.412. The lowest BCUT2D eigenvalue weighted by Crippen LogP contribution is -2.50. The van der Waals surface area contributed by atoms with Crippen LogP contribution in [0.25, 0.3) is 11.2 Å². The Balaban J connectivity index is 1.39. The lowest BCUT2D eigenvalue weighted by Gasteiger charge is -2.43. The lowest BCUT2D eigenvalue weighted by atomic mass is 9.80. The molecule has 1 amide bonds. The van der Waals surface area contributed by atoms with Crippen LogP contribution in [0.5, 0.6) is 11.5 Å². The van der Waals surface area contributed by atoms with Crippen LogP contribution in [-0.4, -0.2) is 95.9 Å². The van der Waals surface area contributed by atoms with E-state index >= 15 is 0 Å². The van der Waals surface area contributed by atoms with Gasteiger partial charge in [0.2, 0.25) is 0 Å². The van der Waals surface area contributed by atoms with E-state index < -0.39 is 40.0 Å². The van der Waals surface area contributed by atoms with Crippen molar-refractivity contribution in [3.05, 3.63) is 144 Å². The van der Waals surface area contributed by atoms with Gasteiger partial charge in [-0.15, -0.1) is 11.8 Å². The second-order valence-electron chi connectivity index (χ2n) is 18.6. The third-order valence-electron chi connectivity index (χ3n) is 12.7. The Hall–Kier alpha value is -4.70. The maximum Gasteiger partial charge on any atom is 0.259 e. The number of carbonyl (C=O) groups is 1. The second kappa shape index (κ2) is 21.3. The number of anilines is 1. The summed E-state index contributed by atoms with van der Waals surface area (Å²) in [4.78, 5) is 27.6. The normalized spacial score (nSPS) is 18.5. The zero-order valence-corrected chi connectivity index (χ0v) is 43.4. The summed E-state index contributed by atoms with van der Waals surface area (Å²) in [6, 6.07) is 35.7. The van der Waals surface area contributed by atoms with Gasteiger partial charge in [-0.05, 0) is 98.9 Å². The largest absolute Gasteiger partial charge is 0.497 e. The van der Waals surface area contributed by atoms with E-state index in [0.717, 1.165) is 28.2 Å². The van der Waals surface area contributed by atoms with E-state index in [-0.39, 0.29) is 34.9 Å². The number of benzene rings is 4. The van der Waals surface area contributed by atoms with Gasteiger partial charge in [-0.3, -0.25) is 9.36 Å². The molecule has 7 rings (SSSR count). The van der Waals surface area contributed by atoms with Gasteiger partial charge in [0.25, 0.3) is 14.4 Å². The van der Waals surface area contributed by atoms with E-state index in [1.54, 1.807) is 51.6 Å². The Morgan fingerprint density at radius 2 is 1.33 bits per heavy atom. The molecule has 1 unspecified atom stereocenters. The number of nitrogens with zero attached hydrogens (tertiary/aromatic N) is 5. The minimum absolute atomic E-state index is 0.125. The standard InChI is InChI=1S/C51H65N6O7PSSi/c1-34(2)57(35(3)4)65(61-10)63-44-42(31-62-51(37-21-17-14-18-22-37,38-23-27-40(59-8)28-24-38)39-25-29-41(60-9)30-26-39)66-49(45(44)64-67(11,12)50(5,6)7)56-33-54-43-46(52-32-53-47(43)56)55-48(58)36-19-15-13-16-20-36/h13-30,32-35,42,44-45,49H,31H2,1-12H3,(H,52,53,55,58)/t42-,44-,45-,49-,65?/m1/s1. The molecule has 0 spiro atoms. The van der Waals surface area contributed by atoms with E-state index in [2.05, 4.69) is 113 Å². The van der Waals surface area contributed by atoms with E-state index in [1.165, 1.54) is 6.33 Å². The molecule has 0 bridgehead atoms. The van der Waals surface area contributed by atoms with Crippen molar-refractivity contribution >= 4 is 51.5 Å². The molecule has 1 aliphatic heterocycles. The Morgan fingerprint density at radius 1 is 0.776 bits per heavy atom. The summed E-state index contributed by atoms with van der Waals surface area (Å²) in [7, 11) is 0.935. The molecule has 16 heteroatoms. The van der Waals surface area contributed by atoms with Gasteiger partial charge in [0.15, 0.2) is 25.3 Å². The van der Waals surface area contributed by atoms with Gasteiger partial charge in [-0.1, -0.05) is 93.6 Å². The number of methoxy groups -OCH3 is 2. The van der Waals surface area contributed by atoms with Crippen molar-refractivity contribution in [3.63, 3.8) is 0 Å². The smallest absolute Gasteiger partial charge is 0.259 e. The molecule has 1 aliphatic rings. The van der Waals surface area contributed by atoms with E-state index in [9.17, 15) is 4.79 Å². The van der Waals surface area contributed by atoms with Crippen LogP contribution in [0.2, 0.25) is 18.1 Å². The Morgan fingerprint density at radius 3 is 1.85 bits per heavy atom. The van der Waals surface area contributed by atoms with Crippen molar-refractivity contribution in [1.29, 1.82) is 0 Å². The van der Waals surface area contributed by atoms with Crippen LogP contribution in [0.4, 0.5) is 5.82 Å². The van der Waals surface area contributed by atoms with Crippen molar-refractivity contribution in [3.8, 4) is 11.5 Å². The first-order chi connectivity index (χ1) is 32.0. The number of imidazole rings is 1. The maximum absolute atomic E-state index is 13.4. The van der Waals surface area contributed by atoms with Crippen molar-refractivity contribution in [2.75, 3.05) is 33.3 Å². The minimum Gasteiger partial charge on any atom is -0.497 e. The number of ether oxygens (including phenoxy) is 3. The van der Waals surface area contributed by atoms with Gasteiger partial charge in [0.1, 0.15) is 41.0 Å². The molecule has 13 nitrogen and oxygen atoms in total. The molecule has 67 heavy (non-hydrogen) atoms. The minimum atomic E-state index is -2.53. The summed E-state index contributed by atoms with van der Waals surface area (Å²) in [6.07, 6.45) is 2.16. The average molecular weight is 965 g/mol. The first-order valence-corrected chi connectivity index (χ1v) is 27.7. The average Bonchev–Trinajstić information content (AvgIpc) is 3.90. The van der Waals surface area contributed by atoms with Crippen molar-refractivity contribution in [2.45, 2.75) is 107 Å². The molecule has 4 aromatic carbocycles. The molecule has 1 fully saturated rings. The van der Waals surface area contributed by atoms with Gasteiger partial charge in [0.05, 0.1) is 32.4 Å². The van der Waals surface area contributed by atoms with Crippen molar-refractivity contribution in [2.24, 2.45) is 0 Å². The predicted octanol–water partition coefficient (Wildman–Crippen LogP) is 11.5. The highest BCUT2D eigenvalue weighted by atomic mass is 32.2. The zero-order valence-electron chi connectivity index (χ0n) is 40.7. The fourth-order valence-corrected chi connectivity index (χ4v) is 12.9. The summed E-state index contributed by atoms with van der Waals surface area (Å²) in [5.74, 6) is 1.49. The van der Waals surface area contributed by atoms with Gasteiger partial charge in [-0.2, -0.15) is 0 Å². The SMILES string of the molecule is COc1ccc(C(OC[C@H]2S[C@@H](n3cnc4c(NC(=O)c5ccccc5)ncnc43)[C@H](O[Si](C)(C)C(C)(C)C)[C@@H]2OP(OC)N(C(C)C)C(C)C)(c2ccccc2)c2ccc(OC)cc2)cc1. The maximum atomic E-state index is 13.4. The number of hydrogen-bond donors (Lipinski definition) is 1. The molecule has 0 saturated carbocycles. The molecular formula is C51H65N6O7PSSi. The van der Waals surface area contributed by atoms with Crippen molar-refractivity contribution < 1.29 is 32.5 Å². The molecule has 5 atom stereocenters. The fourth-order valence-electron chi connectivity index (χ4n) is 8.29. The van der Waals surface area contributed by atoms with Crippen LogP contribution in [0.3, 0.4) is 0 Å². The van der Waals surface area contributed by atoms with Gasteiger partial charge in [-0.25, -0.2) is 19.6 Å². The second-order valence-corrected chi connectivity index (χ2v) is 26.3. The molecule has 356 valence electrons. The van der Waals surface area contributed by atoms with Crippen LogP contribution in [0, 0.1) is 0 Å². The van der Waals surface area contributed by atoms with Gasteiger partial charge < -0.3 is 33.0 Å². The third-order valence-corrected chi connectivity index (χ3v) is 20.7. The summed E-state index contributed by atoms with van der Waals surface area (Å²) in [6.45, 7) is 20.1. The van der Waals surface area contributed by atoms with Crippen LogP contribution in [-0.2, 0) is 23.8 Å². The van der Waals surface area contributed by atoms with Gasteiger partial charge >= 0.3 is 0 Å². The molecule has 1 saturated heterocycles. The molecular weight excluding hydrogens is 900 g/mol. The van der Waals surface area contributed by atoms with E-state index in [0.29, 0.717) is 22.5 Å². The number of fused-ring (bicyclic) bond motifs is 1. The van der Waals surface area contributed by atoms with E-state index in [1.807, 2.05) is 65.2 Å². The molecule has 0 aliphatic carbocycles. The molecule has 1 N–H and O–H groups in total. The van der Waals surface area contributed by atoms with E-state index in [4.69, 9.17) is 37.7 Å². The summed E-state index contributed by atoms with van der Waals surface area (Å²) >= 11 is 1.71. The Labute approximate surface area is 402 Å². The molecule has 3 heterocycles. The zero-order chi connectivity index (χ0) is 48.1. The van der Waals surface area contributed by atoms with Crippen LogP contribution < -0.4 is 14.8 Å². The summed E-state index contributed by atoms with van der Waals surface area (Å²) in [5, 5.41) is 2.11. The highest BCUT2D eigenvalue weighted by Crippen LogP contribution is 2.56. The molecule has 2 aromatic heterocycles. The highest BCUT2D eigenvalue weighted by molar-refractivity contribution is 8.00.